The number of hydrogen-bond acceptors (Lipinski definition) is 4. The molecule has 0 saturated heterocycles. The van der Waals surface area contributed by atoms with Crippen molar-refractivity contribution in [2.45, 2.75) is 82.1 Å². The molecule has 0 radical (unpaired) electrons. The highest BCUT2D eigenvalue weighted by molar-refractivity contribution is 5.83. The van der Waals surface area contributed by atoms with Crippen LogP contribution in [0.2, 0.25) is 0 Å². The summed E-state index contributed by atoms with van der Waals surface area (Å²) < 4.78 is 26.4. The summed E-state index contributed by atoms with van der Waals surface area (Å²) >= 11 is 0. The van der Waals surface area contributed by atoms with Crippen molar-refractivity contribution in [2.24, 2.45) is 0 Å². The molecule has 0 aliphatic heterocycles. The first-order valence-electron chi connectivity index (χ1n) is 13.0. The molecule has 6 heteroatoms. The highest BCUT2D eigenvalue weighted by atomic mass is 19.1. The average molecular weight is 555 g/mol. The number of nitrogens with zero attached hydrogens (tertiary/aromatic N) is 2. The van der Waals surface area contributed by atoms with Gasteiger partial charge >= 0.3 is 0 Å². The van der Waals surface area contributed by atoms with Crippen molar-refractivity contribution < 1.29 is 18.4 Å². The smallest absolute Gasteiger partial charge is 0.144 e. The number of halogens is 2. The van der Waals surface area contributed by atoms with E-state index in [4.69, 9.17) is 9.59 Å². The van der Waals surface area contributed by atoms with Gasteiger partial charge in [-0.15, -0.1) is 6.58 Å². The third-order valence-corrected chi connectivity index (χ3v) is 4.86. The number of rotatable bonds is 5. The zero-order valence-electron chi connectivity index (χ0n) is 26.1. The van der Waals surface area contributed by atoms with Crippen LogP contribution < -0.4 is 0 Å². The van der Waals surface area contributed by atoms with Crippen LogP contribution >= 0.6 is 0 Å². The Balaban J connectivity index is -0.000000296. The largest absolute Gasteiger partial charge is 0.307 e. The number of carbonyl (C=O) groups is 2. The molecule has 1 aromatic carbocycles. The molecule has 1 heterocycles. The molecule has 0 fully saturated rings. The lowest BCUT2D eigenvalue weighted by Crippen LogP contribution is -1.98. The molecule has 0 aliphatic rings. The molecule has 2 aromatic rings. The molecule has 0 bridgehead atoms. The van der Waals surface area contributed by atoms with Gasteiger partial charge in [0, 0.05) is 5.69 Å². The van der Waals surface area contributed by atoms with E-state index in [-0.39, 0.29) is 11.6 Å². The van der Waals surface area contributed by atoms with E-state index in [1.807, 2.05) is 80.3 Å². The topological polar surface area (TPSA) is 70.8 Å². The molecule has 1 aromatic heterocycles. The van der Waals surface area contributed by atoms with Crippen LogP contribution in [-0.2, 0) is 9.59 Å². The first-order valence-corrected chi connectivity index (χ1v) is 13.0. The predicted octanol–water partition coefficient (Wildman–Crippen LogP) is 9.73. The average Bonchev–Trinajstić information content (AvgIpc) is 2.96. The van der Waals surface area contributed by atoms with Gasteiger partial charge in [0.15, 0.2) is 0 Å². The van der Waals surface area contributed by atoms with Crippen LogP contribution in [0.25, 0.3) is 5.57 Å². The van der Waals surface area contributed by atoms with Crippen molar-refractivity contribution in [3.05, 3.63) is 106 Å². The van der Waals surface area contributed by atoms with E-state index in [1.165, 1.54) is 12.1 Å². The quantitative estimate of drug-likeness (QED) is 0.209. The van der Waals surface area contributed by atoms with E-state index in [0.29, 0.717) is 22.4 Å². The van der Waals surface area contributed by atoms with Gasteiger partial charge < -0.3 is 9.59 Å². The Kier molecular flexibility index (Phi) is 30.2. The maximum absolute atomic E-state index is 14.0. The minimum Gasteiger partial charge on any atom is -0.307 e. The van der Waals surface area contributed by atoms with Crippen LogP contribution in [0.15, 0.2) is 66.3 Å². The van der Waals surface area contributed by atoms with E-state index < -0.39 is 0 Å². The number of allylic oxidation sites excluding steroid dienone is 7. The highest BCUT2D eigenvalue weighted by Gasteiger charge is 2.14. The van der Waals surface area contributed by atoms with E-state index in [0.717, 1.165) is 35.2 Å². The molecular formula is C34H48F2N2O2. The summed E-state index contributed by atoms with van der Waals surface area (Å²) in [6.45, 7) is 26.5. The minimum absolute atomic E-state index is 0.236. The Hall–Kier alpha value is -3.98. The molecule has 220 valence electrons. The number of carbonyl (C=O) groups excluding carboxylic acids is 2. The second-order valence-electron chi connectivity index (χ2n) is 7.94. The summed E-state index contributed by atoms with van der Waals surface area (Å²) in [5.74, 6) is -0.500. The molecular weight excluding hydrogens is 506 g/mol. The van der Waals surface area contributed by atoms with E-state index >= 15 is 0 Å². The lowest BCUT2D eigenvalue weighted by molar-refractivity contribution is -0.0987. The van der Waals surface area contributed by atoms with E-state index in [9.17, 15) is 14.0 Å². The molecule has 0 N–H and O–H groups in total. The first-order chi connectivity index (χ1) is 19.1. The maximum Gasteiger partial charge on any atom is 0.144 e. The number of nitriles is 1. The molecule has 0 atom stereocenters. The fraction of sp³-hybridized carbons (Fsp3) is 0.353. The summed E-state index contributed by atoms with van der Waals surface area (Å²) in [7, 11) is 0. The highest BCUT2D eigenvalue weighted by Crippen LogP contribution is 2.30. The van der Waals surface area contributed by atoms with Gasteiger partial charge in [0.05, 0.1) is 11.3 Å². The second kappa shape index (κ2) is 28.0. The number of benzene rings is 1. The van der Waals surface area contributed by atoms with Crippen molar-refractivity contribution in [3.63, 3.8) is 0 Å². The molecule has 4 nitrogen and oxygen atoms in total. The molecule has 0 amide bonds. The van der Waals surface area contributed by atoms with Gasteiger partial charge in [0.2, 0.25) is 0 Å². The molecule has 2 rings (SSSR count). The van der Waals surface area contributed by atoms with Gasteiger partial charge in [-0.1, -0.05) is 57.6 Å². The van der Waals surface area contributed by atoms with Gasteiger partial charge in [-0.3, -0.25) is 4.98 Å². The third kappa shape index (κ3) is 17.5. The summed E-state index contributed by atoms with van der Waals surface area (Å²) in [5.41, 5.74) is 6.19. The van der Waals surface area contributed by atoms with Gasteiger partial charge in [-0.05, 0) is 101 Å². The van der Waals surface area contributed by atoms with Gasteiger partial charge in [0.25, 0.3) is 0 Å². The van der Waals surface area contributed by atoms with Crippen LogP contribution in [0.5, 0.6) is 0 Å². The fourth-order valence-corrected chi connectivity index (χ4v) is 3.17. The second-order valence-corrected chi connectivity index (χ2v) is 7.94. The fourth-order valence-electron chi connectivity index (χ4n) is 3.17. The summed E-state index contributed by atoms with van der Waals surface area (Å²) in [6.07, 6.45) is 9.41. The summed E-state index contributed by atoms with van der Waals surface area (Å²) in [4.78, 5) is 19.9. The Labute approximate surface area is 241 Å². The Morgan fingerprint density at radius 1 is 0.975 bits per heavy atom. The van der Waals surface area contributed by atoms with Crippen molar-refractivity contribution in [1.29, 1.82) is 5.26 Å². The zero-order valence-corrected chi connectivity index (χ0v) is 26.1. The molecule has 0 unspecified atom stereocenters. The number of hydrogen-bond donors (Lipinski definition) is 0. The van der Waals surface area contributed by atoms with Crippen molar-refractivity contribution in [2.75, 3.05) is 0 Å². The Morgan fingerprint density at radius 3 is 1.90 bits per heavy atom. The normalized spacial score (nSPS) is 10.1. The molecule has 0 saturated carbocycles. The SMILES string of the molecule is C/C=C/C=C(C)/C(CCC)=C(\C#N)c1cc(F)c(C)cc1C.C=CC.C=O.C=O.CC.Cc1ccc(F)c(C)n1. The first kappa shape index (κ1) is 43.1. The Morgan fingerprint density at radius 2 is 1.50 bits per heavy atom. The zero-order chi connectivity index (χ0) is 32.3. The predicted molar refractivity (Wildman–Crippen MR) is 167 cm³/mol. The molecule has 0 spiro atoms. The van der Waals surface area contributed by atoms with Gasteiger partial charge in [-0.25, -0.2) is 8.78 Å². The maximum atomic E-state index is 14.0. The van der Waals surface area contributed by atoms with Crippen LogP contribution in [0.4, 0.5) is 8.78 Å². The van der Waals surface area contributed by atoms with Gasteiger partial charge in [0.1, 0.15) is 31.3 Å². The third-order valence-electron chi connectivity index (χ3n) is 4.86. The molecule has 40 heavy (non-hydrogen) atoms. The summed E-state index contributed by atoms with van der Waals surface area (Å²) in [5, 5.41) is 9.66. The lowest BCUT2D eigenvalue weighted by Gasteiger charge is -2.13. The van der Waals surface area contributed by atoms with Crippen LogP contribution in [0.1, 0.15) is 82.5 Å². The van der Waals surface area contributed by atoms with E-state index in [1.54, 1.807) is 32.1 Å². The van der Waals surface area contributed by atoms with E-state index in [2.05, 4.69) is 24.6 Å². The minimum atomic E-state index is -0.265. The van der Waals surface area contributed by atoms with Crippen molar-refractivity contribution in [3.8, 4) is 6.07 Å². The van der Waals surface area contributed by atoms with Crippen molar-refractivity contribution in [1.82, 2.24) is 4.98 Å². The Bertz CT molecular complexity index is 1130. The number of pyridine rings is 1. The standard InChI is InChI=1S/C20H24FN.C7H8FN.C3H6.C2H6.2CH2O/c1-6-8-10-14(3)17(9-7-2)19(13-22)18-12-20(21)16(5)11-15(18)4;1-5-3-4-7(8)6(2)9-5;1-3-2;3*1-2/h6,8,10-12H,7,9H2,1-5H3;3-4H,1-2H3;3H,1H2,2H3;1-2H3;2*1H2/b8-6+,14-10+,19-17+;;;;;. The monoisotopic (exact) mass is 554 g/mol. The number of aromatic nitrogens is 1. The van der Waals surface area contributed by atoms with Gasteiger partial charge in [-0.2, -0.15) is 5.26 Å². The summed E-state index contributed by atoms with van der Waals surface area (Å²) in [6, 6.07) is 8.67. The van der Waals surface area contributed by atoms with Crippen molar-refractivity contribution >= 4 is 19.2 Å². The van der Waals surface area contributed by atoms with Crippen LogP contribution in [0.3, 0.4) is 0 Å². The molecule has 0 aliphatic carbocycles. The lowest BCUT2D eigenvalue weighted by atomic mass is 9.90. The number of aryl methyl sites for hydroxylation is 4. The van der Waals surface area contributed by atoms with Crippen LogP contribution in [0, 0.1) is 50.7 Å². The van der Waals surface area contributed by atoms with Crippen LogP contribution in [-0.4, -0.2) is 18.6 Å².